The van der Waals surface area contributed by atoms with E-state index in [0.29, 0.717) is 17.1 Å². The molecule has 0 aliphatic carbocycles. The average Bonchev–Trinajstić information content (AvgIpc) is 2.30. The van der Waals surface area contributed by atoms with Gasteiger partial charge in [-0.3, -0.25) is 10.1 Å². The first kappa shape index (κ1) is 13.9. The normalized spacial score (nSPS) is 12.4. The van der Waals surface area contributed by atoms with Crippen LogP contribution in [0.15, 0.2) is 18.2 Å². The lowest BCUT2D eigenvalue weighted by Gasteiger charge is -2.09. The number of non-ortho nitro benzene ring substituents is 1. The maximum Gasteiger partial charge on any atom is 0.270 e. The second-order valence-corrected chi connectivity index (χ2v) is 3.91. The Morgan fingerprint density at radius 3 is 2.76 bits per heavy atom. The smallest absolute Gasteiger partial charge is 0.270 e. The van der Waals surface area contributed by atoms with Crippen molar-refractivity contribution in [2.45, 2.75) is 12.6 Å². The van der Waals surface area contributed by atoms with Gasteiger partial charge in [0.2, 0.25) is 0 Å². The van der Waals surface area contributed by atoms with E-state index in [4.69, 9.17) is 21.8 Å². The Morgan fingerprint density at radius 2 is 2.24 bits per heavy atom. The summed E-state index contributed by atoms with van der Waals surface area (Å²) in [5.41, 5.74) is 0.636. The Kier molecular flexibility index (Phi) is 5.30. The van der Waals surface area contributed by atoms with Crippen LogP contribution in [-0.2, 0) is 6.54 Å². The number of rotatable bonds is 6. The largest absolute Gasteiger partial charge is 0.394 e. The molecule has 0 fully saturated rings. The van der Waals surface area contributed by atoms with Gasteiger partial charge in [-0.15, -0.1) is 0 Å². The number of aliphatic hydroxyl groups excluding tert-OH is 2. The SMILES string of the molecule is O=[N+]([O-])c1ccc(CNCC(O)CO)c(Cl)c1. The summed E-state index contributed by atoms with van der Waals surface area (Å²) in [7, 11) is 0. The molecule has 0 aliphatic rings. The monoisotopic (exact) mass is 260 g/mol. The standard InChI is InChI=1S/C10H13ClN2O4/c11-10-3-8(13(16)17)2-1-7(10)4-12-5-9(15)6-14/h1-3,9,12,14-15H,4-6H2. The van der Waals surface area contributed by atoms with E-state index in [1.165, 1.54) is 12.1 Å². The van der Waals surface area contributed by atoms with Crippen LogP contribution in [0.4, 0.5) is 5.69 Å². The maximum atomic E-state index is 10.5. The number of halogens is 1. The van der Waals surface area contributed by atoms with Gasteiger partial charge in [0, 0.05) is 25.2 Å². The van der Waals surface area contributed by atoms with E-state index in [2.05, 4.69) is 5.32 Å². The summed E-state index contributed by atoms with van der Waals surface area (Å²) < 4.78 is 0. The van der Waals surface area contributed by atoms with Gasteiger partial charge in [-0.25, -0.2) is 0 Å². The maximum absolute atomic E-state index is 10.5. The van der Waals surface area contributed by atoms with E-state index >= 15 is 0 Å². The zero-order chi connectivity index (χ0) is 12.8. The van der Waals surface area contributed by atoms with E-state index in [-0.39, 0.29) is 18.8 Å². The first-order valence-electron chi connectivity index (χ1n) is 4.97. The minimum atomic E-state index is -0.827. The molecule has 0 spiro atoms. The molecule has 6 nitrogen and oxygen atoms in total. The second kappa shape index (κ2) is 6.51. The first-order valence-corrected chi connectivity index (χ1v) is 5.35. The van der Waals surface area contributed by atoms with Crippen LogP contribution in [0.1, 0.15) is 5.56 Å². The lowest BCUT2D eigenvalue weighted by Crippen LogP contribution is -2.29. The third-order valence-corrected chi connectivity index (χ3v) is 2.51. The summed E-state index contributed by atoms with van der Waals surface area (Å²) in [6.45, 7) is 0.276. The van der Waals surface area contributed by atoms with Crippen molar-refractivity contribution in [2.24, 2.45) is 0 Å². The molecule has 1 atom stereocenters. The number of nitrogens with one attached hydrogen (secondary N) is 1. The molecule has 94 valence electrons. The highest BCUT2D eigenvalue weighted by Gasteiger charge is 2.09. The number of nitro benzene ring substituents is 1. The predicted octanol–water partition coefficient (Wildman–Crippen LogP) is 0.691. The van der Waals surface area contributed by atoms with Crippen molar-refractivity contribution in [3.8, 4) is 0 Å². The van der Waals surface area contributed by atoms with Crippen LogP contribution < -0.4 is 5.32 Å². The number of aliphatic hydroxyl groups is 2. The van der Waals surface area contributed by atoms with Crippen LogP contribution >= 0.6 is 11.6 Å². The van der Waals surface area contributed by atoms with E-state index in [9.17, 15) is 10.1 Å². The average molecular weight is 261 g/mol. The summed E-state index contributed by atoms with van der Waals surface area (Å²) in [6, 6.07) is 4.20. The summed E-state index contributed by atoms with van der Waals surface area (Å²) in [4.78, 5) is 9.96. The molecule has 7 heteroatoms. The van der Waals surface area contributed by atoms with E-state index in [1.54, 1.807) is 6.07 Å². The van der Waals surface area contributed by atoms with E-state index in [0.717, 1.165) is 0 Å². The molecule has 0 bridgehead atoms. The molecule has 0 aromatic heterocycles. The molecule has 0 radical (unpaired) electrons. The van der Waals surface area contributed by atoms with Gasteiger partial charge >= 0.3 is 0 Å². The number of hydrogen-bond donors (Lipinski definition) is 3. The topological polar surface area (TPSA) is 95.6 Å². The summed E-state index contributed by atoms with van der Waals surface area (Å²) in [5, 5.41) is 31.3. The third kappa shape index (κ3) is 4.27. The Balaban J connectivity index is 2.57. The van der Waals surface area contributed by atoms with Crippen molar-refractivity contribution in [2.75, 3.05) is 13.2 Å². The Labute approximate surface area is 103 Å². The molecule has 3 N–H and O–H groups in total. The highest BCUT2D eigenvalue weighted by atomic mass is 35.5. The van der Waals surface area contributed by atoms with Gasteiger partial charge in [-0.1, -0.05) is 11.6 Å². The fraction of sp³-hybridized carbons (Fsp3) is 0.400. The van der Waals surface area contributed by atoms with Crippen LogP contribution in [0.5, 0.6) is 0 Å². The van der Waals surface area contributed by atoms with Crippen molar-refractivity contribution >= 4 is 17.3 Å². The Hall–Kier alpha value is -1.21. The quantitative estimate of drug-likeness (QED) is 0.517. The molecule has 0 saturated heterocycles. The Morgan fingerprint density at radius 1 is 1.53 bits per heavy atom. The van der Waals surface area contributed by atoms with Gasteiger partial charge < -0.3 is 15.5 Å². The number of hydrogen-bond acceptors (Lipinski definition) is 5. The van der Waals surface area contributed by atoms with Gasteiger partial charge in [-0.2, -0.15) is 0 Å². The molecule has 1 unspecified atom stereocenters. The zero-order valence-corrected chi connectivity index (χ0v) is 9.72. The van der Waals surface area contributed by atoms with Crippen LogP contribution in [0.25, 0.3) is 0 Å². The van der Waals surface area contributed by atoms with E-state index < -0.39 is 11.0 Å². The minimum Gasteiger partial charge on any atom is -0.394 e. The molecule has 1 rings (SSSR count). The van der Waals surface area contributed by atoms with Gasteiger partial charge in [0.15, 0.2) is 0 Å². The summed E-state index contributed by atoms with van der Waals surface area (Å²) in [6.07, 6.45) is -0.827. The van der Waals surface area contributed by atoms with Gasteiger partial charge in [0.1, 0.15) is 0 Å². The molecule has 0 heterocycles. The third-order valence-electron chi connectivity index (χ3n) is 2.15. The van der Waals surface area contributed by atoms with Crippen LogP contribution in [0.2, 0.25) is 5.02 Å². The molecule has 1 aromatic rings. The summed E-state index contributed by atoms with van der Waals surface area (Å²) >= 11 is 5.87. The molecule has 0 aliphatic heterocycles. The molecule has 1 aromatic carbocycles. The highest BCUT2D eigenvalue weighted by molar-refractivity contribution is 6.31. The molecular formula is C10H13ClN2O4. The number of nitro groups is 1. The highest BCUT2D eigenvalue weighted by Crippen LogP contribution is 2.22. The fourth-order valence-electron chi connectivity index (χ4n) is 1.23. The van der Waals surface area contributed by atoms with Gasteiger partial charge in [0.25, 0.3) is 5.69 Å². The van der Waals surface area contributed by atoms with Crippen molar-refractivity contribution in [1.82, 2.24) is 5.32 Å². The van der Waals surface area contributed by atoms with Crippen molar-refractivity contribution in [1.29, 1.82) is 0 Å². The van der Waals surface area contributed by atoms with Crippen LogP contribution in [0.3, 0.4) is 0 Å². The second-order valence-electron chi connectivity index (χ2n) is 3.50. The van der Waals surface area contributed by atoms with E-state index in [1.807, 2.05) is 0 Å². The lowest BCUT2D eigenvalue weighted by atomic mass is 10.2. The summed E-state index contributed by atoms with van der Waals surface area (Å²) in [5.74, 6) is 0. The molecule has 0 saturated carbocycles. The fourth-order valence-corrected chi connectivity index (χ4v) is 1.47. The first-order chi connectivity index (χ1) is 8.04. The van der Waals surface area contributed by atoms with Crippen molar-refractivity contribution in [3.63, 3.8) is 0 Å². The zero-order valence-electron chi connectivity index (χ0n) is 8.97. The van der Waals surface area contributed by atoms with Gasteiger partial charge in [0.05, 0.1) is 22.7 Å². The van der Waals surface area contributed by atoms with Crippen LogP contribution in [-0.4, -0.2) is 34.4 Å². The van der Waals surface area contributed by atoms with Crippen molar-refractivity contribution < 1.29 is 15.1 Å². The molecular weight excluding hydrogens is 248 g/mol. The predicted molar refractivity (Wildman–Crippen MR) is 62.9 cm³/mol. The minimum absolute atomic E-state index is 0.0610. The van der Waals surface area contributed by atoms with Crippen molar-refractivity contribution in [3.05, 3.63) is 38.9 Å². The Bertz CT molecular complexity index is 400. The molecule has 0 amide bonds. The number of benzene rings is 1. The molecule has 17 heavy (non-hydrogen) atoms. The lowest BCUT2D eigenvalue weighted by molar-refractivity contribution is -0.384. The van der Waals surface area contributed by atoms with Gasteiger partial charge in [-0.05, 0) is 11.6 Å². The number of nitrogens with zero attached hydrogens (tertiary/aromatic N) is 1. The van der Waals surface area contributed by atoms with Crippen LogP contribution in [0, 0.1) is 10.1 Å².